The van der Waals surface area contributed by atoms with Gasteiger partial charge in [0.15, 0.2) is 0 Å². The zero-order valence-electron chi connectivity index (χ0n) is 19.8. The number of Topliss-reactive ketones (excluding diaryl/α,β-unsaturated/α-hetero) is 1. The highest BCUT2D eigenvalue weighted by Crippen LogP contribution is 2.40. The molecule has 1 saturated heterocycles. The number of fused-ring (bicyclic) bond motifs is 1. The average Bonchev–Trinajstić information content (AvgIpc) is 3.07. The second-order valence-electron chi connectivity index (χ2n) is 9.46. The van der Waals surface area contributed by atoms with Crippen molar-refractivity contribution in [3.05, 3.63) is 70.3 Å². The Morgan fingerprint density at radius 1 is 1.06 bits per heavy atom. The molecule has 1 aliphatic heterocycles. The van der Waals surface area contributed by atoms with Gasteiger partial charge in [-0.2, -0.15) is 0 Å². The fourth-order valence-corrected chi connectivity index (χ4v) is 4.74. The average molecular weight is 448 g/mol. The molecule has 4 rings (SSSR count). The smallest absolute Gasteiger partial charge is 0.295 e. The van der Waals surface area contributed by atoms with Crippen LogP contribution in [-0.2, 0) is 22.4 Å². The van der Waals surface area contributed by atoms with Crippen LogP contribution in [0.2, 0.25) is 0 Å². The van der Waals surface area contributed by atoms with Crippen LogP contribution >= 0.6 is 0 Å². The van der Waals surface area contributed by atoms with E-state index in [1.165, 1.54) is 17.5 Å². The van der Waals surface area contributed by atoms with Gasteiger partial charge >= 0.3 is 0 Å². The summed E-state index contributed by atoms with van der Waals surface area (Å²) >= 11 is 0. The van der Waals surface area contributed by atoms with E-state index >= 15 is 0 Å². The number of aliphatic hydroxyl groups excluding tert-OH is 1. The van der Waals surface area contributed by atoms with Crippen molar-refractivity contribution in [2.45, 2.75) is 58.9 Å². The van der Waals surface area contributed by atoms with Gasteiger partial charge in [-0.15, -0.1) is 0 Å². The number of amides is 1. The third kappa shape index (κ3) is 4.68. The summed E-state index contributed by atoms with van der Waals surface area (Å²) in [6, 6.07) is 12.8. The maximum absolute atomic E-state index is 13.1. The summed E-state index contributed by atoms with van der Waals surface area (Å²) in [6.45, 7) is 7.22. The SMILES string of the molecule is CCCN1C(=O)C(=O)/C(=C(\O)c2ccc3c(c2)CCCC3)C1c1ccc(OCC(C)C)cc1. The lowest BCUT2D eigenvalue weighted by Gasteiger charge is -2.25. The fraction of sp³-hybridized carbons (Fsp3) is 0.429. The van der Waals surface area contributed by atoms with Gasteiger partial charge in [0.05, 0.1) is 18.2 Å². The van der Waals surface area contributed by atoms with E-state index in [1.54, 1.807) is 4.90 Å². The normalized spacial score (nSPS) is 19.8. The predicted molar refractivity (Wildman–Crippen MR) is 129 cm³/mol. The van der Waals surface area contributed by atoms with Crippen LogP contribution in [0.25, 0.3) is 5.76 Å². The van der Waals surface area contributed by atoms with Crippen molar-refractivity contribution < 1.29 is 19.4 Å². The number of aliphatic hydroxyl groups is 1. The van der Waals surface area contributed by atoms with Gasteiger partial charge in [-0.25, -0.2) is 0 Å². The molecular weight excluding hydrogens is 414 g/mol. The minimum absolute atomic E-state index is 0.0922. The molecule has 2 aromatic rings. The van der Waals surface area contributed by atoms with Crippen LogP contribution in [-0.4, -0.2) is 34.8 Å². The quantitative estimate of drug-likeness (QED) is 0.349. The van der Waals surface area contributed by atoms with Gasteiger partial charge in [0.25, 0.3) is 11.7 Å². The van der Waals surface area contributed by atoms with Gasteiger partial charge in [0.1, 0.15) is 11.5 Å². The Morgan fingerprint density at radius 2 is 1.76 bits per heavy atom. The Kier molecular flexibility index (Phi) is 6.87. The molecule has 0 aromatic heterocycles. The molecule has 0 spiro atoms. The van der Waals surface area contributed by atoms with Crippen LogP contribution in [0, 0.1) is 5.92 Å². The molecule has 0 radical (unpaired) electrons. The first-order chi connectivity index (χ1) is 15.9. The lowest BCUT2D eigenvalue weighted by Crippen LogP contribution is -2.30. The number of nitrogens with zero attached hydrogens (tertiary/aromatic N) is 1. The lowest BCUT2D eigenvalue weighted by molar-refractivity contribution is -0.139. The van der Waals surface area contributed by atoms with Crippen LogP contribution in [0.5, 0.6) is 5.75 Å². The minimum Gasteiger partial charge on any atom is -0.507 e. The predicted octanol–water partition coefficient (Wildman–Crippen LogP) is 5.43. The van der Waals surface area contributed by atoms with E-state index in [1.807, 2.05) is 49.4 Å². The maximum Gasteiger partial charge on any atom is 0.295 e. The topological polar surface area (TPSA) is 66.8 Å². The molecule has 1 amide bonds. The summed E-state index contributed by atoms with van der Waals surface area (Å²) in [5.41, 5.74) is 4.08. The van der Waals surface area contributed by atoms with Gasteiger partial charge in [-0.1, -0.05) is 45.0 Å². The van der Waals surface area contributed by atoms with Gasteiger partial charge in [-0.3, -0.25) is 9.59 Å². The summed E-state index contributed by atoms with van der Waals surface area (Å²) in [7, 11) is 0. The molecular formula is C28H33NO4. The number of aryl methyl sites for hydroxylation is 2. The van der Waals surface area contributed by atoms with E-state index in [2.05, 4.69) is 13.8 Å². The molecule has 1 fully saturated rings. The molecule has 1 unspecified atom stereocenters. The van der Waals surface area contributed by atoms with Crippen LogP contribution in [0.3, 0.4) is 0 Å². The van der Waals surface area contributed by atoms with E-state index in [-0.39, 0.29) is 11.3 Å². The largest absolute Gasteiger partial charge is 0.507 e. The molecule has 5 heteroatoms. The summed E-state index contributed by atoms with van der Waals surface area (Å²) in [4.78, 5) is 27.6. The van der Waals surface area contributed by atoms with Crippen LogP contribution in [0.15, 0.2) is 48.0 Å². The Balaban J connectivity index is 1.74. The molecule has 2 aromatic carbocycles. The number of hydrogen-bond acceptors (Lipinski definition) is 4. The van der Waals surface area contributed by atoms with Crippen molar-refractivity contribution in [2.75, 3.05) is 13.2 Å². The Labute approximate surface area is 196 Å². The molecule has 1 N–H and O–H groups in total. The molecule has 1 atom stereocenters. The molecule has 1 aliphatic carbocycles. The molecule has 1 heterocycles. The third-order valence-corrected chi connectivity index (χ3v) is 6.41. The Morgan fingerprint density at radius 3 is 2.42 bits per heavy atom. The van der Waals surface area contributed by atoms with E-state index < -0.39 is 17.7 Å². The summed E-state index contributed by atoms with van der Waals surface area (Å²) in [6.07, 6.45) is 5.04. The Bertz CT molecular complexity index is 1070. The van der Waals surface area contributed by atoms with Crippen LogP contribution in [0.1, 0.15) is 68.3 Å². The highest BCUT2D eigenvalue weighted by Gasteiger charge is 2.45. The van der Waals surface area contributed by atoms with Crippen molar-refractivity contribution >= 4 is 17.4 Å². The van der Waals surface area contributed by atoms with Gasteiger partial charge < -0.3 is 14.7 Å². The fourth-order valence-electron chi connectivity index (χ4n) is 4.74. The van der Waals surface area contributed by atoms with Crippen LogP contribution in [0.4, 0.5) is 0 Å². The highest BCUT2D eigenvalue weighted by molar-refractivity contribution is 6.46. The molecule has 174 valence electrons. The van der Waals surface area contributed by atoms with Crippen molar-refractivity contribution in [1.29, 1.82) is 0 Å². The van der Waals surface area contributed by atoms with Gasteiger partial charge in [0, 0.05) is 12.1 Å². The monoisotopic (exact) mass is 447 g/mol. The zero-order chi connectivity index (χ0) is 23.5. The number of benzene rings is 2. The van der Waals surface area contributed by atoms with E-state index in [0.717, 1.165) is 37.0 Å². The van der Waals surface area contributed by atoms with Gasteiger partial charge in [0.2, 0.25) is 0 Å². The number of hydrogen-bond donors (Lipinski definition) is 1. The second-order valence-corrected chi connectivity index (χ2v) is 9.46. The summed E-state index contributed by atoms with van der Waals surface area (Å²) < 4.78 is 5.79. The summed E-state index contributed by atoms with van der Waals surface area (Å²) in [5.74, 6) is -0.108. The van der Waals surface area contributed by atoms with Crippen molar-refractivity contribution in [2.24, 2.45) is 5.92 Å². The van der Waals surface area contributed by atoms with E-state index in [0.29, 0.717) is 24.6 Å². The molecule has 33 heavy (non-hydrogen) atoms. The second kappa shape index (κ2) is 9.82. The zero-order valence-corrected chi connectivity index (χ0v) is 19.8. The number of carbonyl (C=O) groups is 2. The molecule has 2 aliphatic rings. The van der Waals surface area contributed by atoms with E-state index in [9.17, 15) is 14.7 Å². The molecule has 0 bridgehead atoms. The molecule has 5 nitrogen and oxygen atoms in total. The van der Waals surface area contributed by atoms with Gasteiger partial charge in [-0.05, 0) is 72.9 Å². The standard InChI is InChI=1S/C28H33NO4/c1-4-15-29-25(20-11-13-23(14-12-20)33-17-18(2)3)24(27(31)28(29)32)26(30)22-10-9-19-7-5-6-8-21(19)16-22/h9-14,16,18,25,30H,4-8,15,17H2,1-3H3/b26-24-. The first-order valence-electron chi connectivity index (χ1n) is 12.0. The van der Waals surface area contributed by atoms with Crippen LogP contribution < -0.4 is 4.74 Å². The lowest BCUT2D eigenvalue weighted by atomic mass is 9.88. The number of ether oxygens (including phenoxy) is 1. The van der Waals surface area contributed by atoms with Crippen molar-refractivity contribution in [3.63, 3.8) is 0 Å². The third-order valence-electron chi connectivity index (χ3n) is 6.41. The summed E-state index contributed by atoms with van der Waals surface area (Å²) in [5, 5.41) is 11.3. The highest BCUT2D eigenvalue weighted by atomic mass is 16.5. The Hall–Kier alpha value is -3.08. The van der Waals surface area contributed by atoms with Crippen molar-refractivity contribution in [3.8, 4) is 5.75 Å². The first-order valence-corrected chi connectivity index (χ1v) is 12.0. The van der Waals surface area contributed by atoms with Crippen molar-refractivity contribution in [1.82, 2.24) is 4.90 Å². The maximum atomic E-state index is 13.1. The number of rotatable bonds is 7. The number of likely N-dealkylation sites (tertiary alicyclic amines) is 1. The first kappa shape index (κ1) is 23.1. The van der Waals surface area contributed by atoms with E-state index in [4.69, 9.17) is 4.74 Å². The molecule has 0 saturated carbocycles. The number of carbonyl (C=O) groups excluding carboxylic acids is 2. The minimum atomic E-state index is -0.621. The number of ketones is 1.